The Labute approximate surface area is 161 Å². The number of halogens is 2. The summed E-state index contributed by atoms with van der Waals surface area (Å²) in [6.45, 7) is 0.346. The maximum Gasteiger partial charge on any atom is 0.251 e. The molecule has 0 bridgehead atoms. The van der Waals surface area contributed by atoms with E-state index in [2.05, 4.69) is 10.6 Å². The minimum atomic E-state index is -0.372. The van der Waals surface area contributed by atoms with Gasteiger partial charge in [-0.3, -0.25) is 9.59 Å². The molecule has 28 heavy (non-hydrogen) atoms. The van der Waals surface area contributed by atoms with Crippen molar-refractivity contribution in [1.29, 1.82) is 0 Å². The van der Waals surface area contributed by atoms with E-state index < -0.39 is 0 Å². The Hall–Kier alpha value is -3.54. The standard InChI is InChI=1S/C22H18F2N2O2/c23-19-8-1-4-15(10-19)13-25-21(27)17-6-3-7-18(12-17)22(28)26-14-16-5-2-9-20(24)11-16/h1-12H,13-14H2,(H,25,27)(H,26,28). The number of carbonyl (C=O) groups excluding carboxylic acids is 2. The predicted octanol–water partition coefficient (Wildman–Crippen LogP) is 3.82. The number of hydrogen-bond acceptors (Lipinski definition) is 2. The third-order valence-corrected chi connectivity index (χ3v) is 4.07. The number of benzene rings is 3. The molecule has 0 aliphatic carbocycles. The van der Waals surface area contributed by atoms with E-state index in [-0.39, 0.29) is 36.5 Å². The minimum absolute atomic E-state index is 0.173. The van der Waals surface area contributed by atoms with Crippen LogP contribution in [0.5, 0.6) is 0 Å². The van der Waals surface area contributed by atoms with Crippen LogP contribution in [-0.4, -0.2) is 11.8 Å². The minimum Gasteiger partial charge on any atom is -0.348 e. The van der Waals surface area contributed by atoms with E-state index >= 15 is 0 Å². The van der Waals surface area contributed by atoms with Crippen LogP contribution in [0, 0.1) is 11.6 Å². The Kier molecular flexibility index (Phi) is 6.11. The summed E-state index contributed by atoms with van der Waals surface area (Å²) in [6.07, 6.45) is 0. The van der Waals surface area contributed by atoms with Crippen LogP contribution in [0.15, 0.2) is 72.8 Å². The van der Waals surface area contributed by atoms with Gasteiger partial charge in [-0.05, 0) is 53.6 Å². The summed E-state index contributed by atoms with van der Waals surface area (Å²) >= 11 is 0. The highest BCUT2D eigenvalue weighted by Gasteiger charge is 2.11. The number of carbonyl (C=O) groups is 2. The summed E-state index contributed by atoms with van der Waals surface area (Å²) in [7, 11) is 0. The molecule has 3 rings (SSSR count). The lowest BCUT2D eigenvalue weighted by Gasteiger charge is -2.08. The third kappa shape index (κ3) is 5.23. The highest BCUT2D eigenvalue weighted by molar-refractivity contribution is 5.99. The van der Waals surface area contributed by atoms with Gasteiger partial charge in [0, 0.05) is 24.2 Å². The van der Waals surface area contributed by atoms with Crippen LogP contribution < -0.4 is 10.6 Å². The van der Waals surface area contributed by atoms with E-state index in [4.69, 9.17) is 0 Å². The molecule has 0 aliphatic rings. The van der Waals surface area contributed by atoms with Crippen LogP contribution >= 0.6 is 0 Å². The average Bonchev–Trinajstić information content (AvgIpc) is 2.70. The first-order chi connectivity index (χ1) is 13.5. The lowest BCUT2D eigenvalue weighted by atomic mass is 10.1. The van der Waals surface area contributed by atoms with E-state index in [0.29, 0.717) is 22.3 Å². The Morgan fingerprint density at radius 3 is 1.50 bits per heavy atom. The molecule has 0 atom stereocenters. The van der Waals surface area contributed by atoms with Gasteiger partial charge in [-0.15, -0.1) is 0 Å². The molecule has 2 amide bonds. The summed E-state index contributed by atoms with van der Waals surface area (Å²) in [5, 5.41) is 5.39. The second-order valence-corrected chi connectivity index (χ2v) is 6.21. The van der Waals surface area contributed by atoms with Crippen molar-refractivity contribution in [2.45, 2.75) is 13.1 Å². The second kappa shape index (κ2) is 8.90. The van der Waals surface area contributed by atoms with E-state index in [0.717, 1.165) is 0 Å². The average molecular weight is 380 g/mol. The van der Waals surface area contributed by atoms with Gasteiger partial charge in [0.15, 0.2) is 0 Å². The number of nitrogens with one attached hydrogen (secondary N) is 2. The van der Waals surface area contributed by atoms with Gasteiger partial charge in [-0.2, -0.15) is 0 Å². The topological polar surface area (TPSA) is 58.2 Å². The van der Waals surface area contributed by atoms with E-state index in [1.807, 2.05) is 0 Å². The monoisotopic (exact) mass is 380 g/mol. The molecular formula is C22H18F2N2O2. The number of hydrogen-bond donors (Lipinski definition) is 2. The van der Waals surface area contributed by atoms with Crippen molar-refractivity contribution in [2.24, 2.45) is 0 Å². The zero-order valence-corrected chi connectivity index (χ0v) is 14.9. The van der Waals surface area contributed by atoms with Gasteiger partial charge < -0.3 is 10.6 Å². The van der Waals surface area contributed by atoms with E-state index in [1.54, 1.807) is 42.5 Å². The van der Waals surface area contributed by atoms with Crippen LogP contribution in [0.2, 0.25) is 0 Å². The van der Waals surface area contributed by atoms with Crippen LogP contribution in [0.4, 0.5) is 8.78 Å². The van der Waals surface area contributed by atoms with Crippen molar-refractivity contribution >= 4 is 11.8 Å². The molecule has 0 spiro atoms. The summed E-state index contributed by atoms with van der Waals surface area (Å²) in [4.78, 5) is 24.6. The second-order valence-electron chi connectivity index (χ2n) is 6.21. The Bertz CT molecular complexity index is 928. The molecule has 4 nitrogen and oxygen atoms in total. The third-order valence-electron chi connectivity index (χ3n) is 4.07. The Morgan fingerprint density at radius 1 is 0.643 bits per heavy atom. The molecule has 6 heteroatoms. The first-order valence-electron chi connectivity index (χ1n) is 8.66. The van der Waals surface area contributed by atoms with Crippen molar-refractivity contribution in [2.75, 3.05) is 0 Å². The summed E-state index contributed by atoms with van der Waals surface area (Å²) in [5.41, 5.74) is 1.90. The van der Waals surface area contributed by atoms with Crippen molar-refractivity contribution < 1.29 is 18.4 Å². The van der Waals surface area contributed by atoms with Crippen molar-refractivity contribution in [3.63, 3.8) is 0 Å². The fraction of sp³-hybridized carbons (Fsp3) is 0.0909. The van der Waals surface area contributed by atoms with E-state index in [1.165, 1.54) is 30.3 Å². The summed E-state index contributed by atoms with van der Waals surface area (Å²) in [5.74, 6) is -1.49. The van der Waals surface area contributed by atoms with Crippen molar-refractivity contribution in [3.8, 4) is 0 Å². The van der Waals surface area contributed by atoms with Gasteiger partial charge in [-0.25, -0.2) is 8.78 Å². The van der Waals surface area contributed by atoms with Gasteiger partial charge in [0.2, 0.25) is 0 Å². The molecule has 2 N–H and O–H groups in total. The largest absolute Gasteiger partial charge is 0.348 e. The van der Waals surface area contributed by atoms with Gasteiger partial charge in [0.25, 0.3) is 11.8 Å². The predicted molar refractivity (Wildman–Crippen MR) is 102 cm³/mol. The molecule has 0 fully saturated rings. The Balaban J connectivity index is 1.60. The van der Waals surface area contributed by atoms with Gasteiger partial charge in [-0.1, -0.05) is 30.3 Å². The molecule has 0 saturated heterocycles. The first kappa shape index (κ1) is 19.2. The maximum atomic E-state index is 13.2. The molecule has 0 saturated carbocycles. The lowest BCUT2D eigenvalue weighted by molar-refractivity contribution is 0.0950. The molecule has 3 aromatic rings. The normalized spacial score (nSPS) is 10.4. The number of rotatable bonds is 6. The lowest BCUT2D eigenvalue weighted by Crippen LogP contribution is -2.25. The van der Waals surface area contributed by atoms with Crippen LogP contribution in [0.1, 0.15) is 31.8 Å². The molecule has 142 valence electrons. The smallest absolute Gasteiger partial charge is 0.251 e. The van der Waals surface area contributed by atoms with Crippen LogP contribution in [0.25, 0.3) is 0 Å². The zero-order chi connectivity index (χ0) is 19.9. The van der Waals surface area contributed by atoms with Crippen molar-refractivity contribution in [1.82, 2.24) is 10.6 Å². The molecule has 0 heterocycles. The SMILES string of the molecule is O=C(NCc1cccc(F)c1)c1cccc(C(=O)NCc2cccc(F)c2)c1. The fourth-order valence-electron chi connectivity index (χ4n) is 2.66. The Morgan fingerprint density at radius 2 is 1.07 bits per heavy atom. The quantitative estimate of drug-likeness (QED) is 0.683. The fourth-order valence-corrected chi connectivity index (χ4v) is 2.66. The molecule has 0 radical (unpaired) electrons. The number of amides is 2. The molecule has 0 aliphatic heterocycles. The van der Waals surface area contributed by atoms with Crippen molar-refractivity contribution in [3.05, 3.63) is 107 Å². The highest BCUT2D eigenvalue weighted by atomic mass is 19.1. The molecule has 3 aromatic carbocycles. The van der Waals surface area contributed by atoms with Crippen LogP contribution in [-0.2, 0) is 13.1 Å². The molecule has 0 unspecified atom stereocenters. The van der Waals surface area contributed by atoms with Gasteiger partial charge in [0.1, 0.15) is 11.6 Å². The van der Waals surface area contributed by atoms with Gasteiger partial charge in [0.05, 0.1) is 0 Å². The summed E-state index contributed by atoms with van der Waals surface area (Å²) < 4.78 is 26.4. The van der Waals surface area contributed by atoms with Gasteiger partial charge >= 0.3 is 0 Å². The van der Waals surface area contributed by atoms with E-state index in [9.17, 15) is 18.4 Å². The van der Waals surface area contributed by atoms with Crippen LogP contribution in [0.3, 0.4) is 0 Å². The molecule has 0 aromatic heterocycles. The first-order valence-corrected chi connectivity index (χ1v) is 8.66. The highest BCUT2D eigenvalue weighted by Crippen LogP contribution is 2.08. The zero-order valence-electron chi connectivity index (χ0n) is 14.9. The molecular weight excluding hydrogens is 362 g/mol. The maximum absolute atomic E-state index is 13.2. The summed E-state index contributed by atoms with van der Waals surface area (Å²) in [6, 6.07) is 18.2.